The van der Waals surface area contributed by atoms with Gasteiger partial charge in [-0.05, 0) is 41.6 Å². The summed E-state index contributed by atoms with van der Waals surface area (Å²) in [4.78, 5) is 12.3. The predicted octanol–water partition coefficient (Wildman–Crippen LogP) is 4.79. The third-order valence-electron chi connectivity index (χ3n) is 3.60. The smallest absolute Gasteiger partial charge is 0.251 e. The first kappa shape index (κ1) is 14.5. The molecular formula is C19H17NOS. The molecule has 0 fully saturated rings. The number of nitrogens with one attached hydrogen (secondary N) is 1. The molecule has 0 unspecified atom stereocenters. The van der Waals surface area contributed by atoms with E-state index in [9.17, 15) is 4.79 Å². The fraction of sp³-hybridized carbons (Fsp3) is 0.105. The van der Waals surface area contributed by atoms with Gasteiger partial charge in [-0.25, -0.2) is 0 Å². The highest BCUT2D eigenvalue weighted by Crippen LogP contribution is 2.33. The Morgan fingerprint density at radius 3 is 2.73 bits per heavy atom. The number of hydrogen-bond acceptors (Lipinski definition) is 2. The van der Waals surface area contributed by atoms with Crippen LogP contribution in [0.2, 0.25) is 0 Å². The monoisotopic (exact) mass is 307 g/mol. The van der Waals surface area contributed by atoms with Gasteiger partial charge in [0.15, 0.2) is 0 Å². The first-order chi connectivity index (χ1) is 10.7. The van der Waals surface area contributed by atoms with E-state index >= 15 is 0 Å². The molecule has 0 atom stereocenters. The van der Waals surface area contributed by atoms with Crippen molar-refractivity contribution in [3.63, 3.8) is 0 Å². The molecule has 0 saturated heterocycles. The molecule has 22 heavy (non-hydrogen) atoms. The number of thiophene rings is 1. The van der Waals surface area contributed by atoms with Crippen molar-refractivity contribution in [2.24, 2.45) is 0 Å². The van der Waals surface area contributed by atoms with Crippen molar-refractivity contribution in [1.29, 1.82) is 0 Å². The van der Waals surface area contributed by atoms with Gasteiger partial charge in [0, 0.05) is 22.2 Å². The maximum absolute atomic E-state index is 12.3. The Balaban J connectivity index is 2.11. The molecule has 3 aromatic rings. The first-order valence-electron chi connectivity index (χ1n) is 7.16. The largest absolute Gasteiger partial charge is 0.349 e. The Bertz CT molecular complexity index is 830. The van der Waals surface area contributed by atoms with E-state index in [0.717, 1.165) is 15.8 Å². The van der Waals surface area contributed by atoms with Crippen molar-refractivity contribution in [3.05, 3.63) is 71.6 Å². The van der Waals surface area contributed by atoms with E-state index < -0.39 is 0 Å². The van der Waals surface area contributed by atoms with Crippen molar-refractivity contribution in [2.45, 2.75) is 6.92 Å². The average Bonchev–Trinajstić information content (AvgIpc) is 3.01. The van der Waals surface area contributed by atoms with E-state index in [1.807, 2.05) is 12.1 Å². The Labute approximate surface area is 134 Å². The fourth-order valence-electron chi connectivity index (χ4n) is 2.44. The summed E-state index contributed by atoms with van der Waals surface area (Å²) in [5.41, 5.74) is 4.15. The fourth-order valence-corrected chi connectivity index (χ4v) is 3.29. The van der Waals surface area contributed by atoms with Gasteiger partial charge < -0.3 is 5.32 Å². The molecule has 0 aliphatic heterocycles. The summed E-state index contributed by atoms with van der Waals surface area (Å²) in [6.45, 7) is 6.17. The number of hydrogen-bond donors (Lipinski definition) is 1. The highest BCUT2D eigenvalue weighted by Gasteiger charge is 2.12. The molecule has 3 heteroatoms. The molecule has 2 aromatic carbocycles. The van der Waals surface area contributed by atoms with Crippen LogP contribution in [0.4, 0.5) is 0 Å². The first-order valence-corrected chi connectivity index (χ1v) is 8.04. The van der Waals surface area contributed by atoms with Crippen LogP contribution in [0.25, 0.3) is 21.2 Å². The summed E-state index contributed by atoms with van der Waals surface area (Å²) < 4.78 is 1.13. The lowest BCUT2D eigenvalue weighted by molar-refractivity contribution is 0.0958. The second-order valence-electron chi connectivity index (χ2n) is 5.22. The molecule has 1 amide bonds. The third kappa shape index (κ3) is 2.81. The van der Waals surface area contributed by atoms with Crippen LogP contribution >= 0.6 is 11.3 Å². The van der Waals surface area contributed by atoms with Gasteiger partial charge in [-0.15, -0.1) is 17.9 Å². The van der Waals surface area contributed by atoms with Crippen molar-refractivity contribution < 1.29 is 4.79 Å². The molecule has 0 bridgehead atoms. The highest BCUT2D eigenvalue weighted by atomic mass is 32.1. The number of benzene rings is 2. The van der Waals surface area contributed by atoms with E-state index in [-0.39, 0.29) is 5.91 Å². The molecule has 1 heterocycles. The van der Waals surface area contributed by atoms with Crippen molar-refractivity contribution in [1.82, 2.24) is 5.32 Å². The van der Waals surface area contributed by atoms with Gasteiger partial charge in [0.2, 0.25) is 0 Å². The van der Waals surface area contributed by atoms with Crippen molar-refractivity contribution in [3.8, 4) is 11.1 Å². The van der Waals surface area contributed by atoms with E-state index in [4.69, 9.17) is 0 Å². The van der Waals surface area contributed by atoms with Crippen LogP contribution in [-0.2, 0) is 0 Å². The standard InChI is InChI=1S/C19H17NOS/c1-3-9-20-19(21)15-11-17(14-6-4-13(2)5-7-14)16-8-10-22-18(16)12-15/h3-8,10-12H,1,9H2,2H3,(H,20,21). The molecule has 0 saturated carbocycles. The third-order valence-corrected chi connectivity index (χ3v) is 4.47. The van der Waals surface area contributed by atoms with Crippen LogP contribution in [0, 0.1) is 6.92 Å². The van der Waals surface area contributed by atoms with Gasteiger partial charge in [0.05, 0.1) is 0 Å². The number of carbonyl (C=O) groups excluding carboxylic acids is 1. The molecule has 0 radical (unpaired) electrons. The Kier molecular flexibility index (Phi) is 4.07. The lowest BCUT2D eigenvalue weighted by Crippen LogP contribution is -2.23. The quantitative estimate of drug-likeness (QED) is 0.690. The topological polar surface area (TPSA) is 29.1 Å². The lowest BCUT2D eigenvalue weighted by atomic mass is 9.98. The number of fused-ring (bicyclic) bond motifs is 1. The second kappa shape index (κ2) is 6.16. The highest BCUT2D eigenvalue weighted by molar-refractivity contribution is 7.17. The average molecular weight is 307 g/mol. The summed E-state index contributed by atoms with van der Waals surface area (Å²) in [6, 6.07) is 14.4. The predicted molar refractivity (Wildman–Crippen MR) is 94.5 cm³/mol. The van der Waals surface area contributed by atoms with Gasteiger partial charge in [-0.2, -0.15) is 0 Å². The zero-order valence-corrected chi connectivity index (χ0v) is 13.2. The summed E-state index contributed by atoms with van der Waals surface area (Å²) >= 11 is 1.65. The molecule has 1 aromatic heterocycles. The number of carbonyl (C=O) groups is 1. The van der Waals surface area contributed by atoms with Crippen LogP contribution in [0.15, 0.2) is 60.5 Å². The zero-order chi connectivity index (χ0) is 15.5. The Morgan fingerprint density at radius 2 is 2.00 bits per heavy atom. The van der Waals surface area contributed by atoms with Crippen LogP contribution in [-0.4, -0.2) is 12.5 Å². The summed E-state index contributed by atoms with van der Waals surface area (Å²) in [5.74, 6) is -0.0661. The summed E-state index contributed by atoms with van der Waals surface area (Å²) in [7, 11) is 0. The van der Waals surface area contributed by atoms with E-state index in [1.54, 1.807) is 17.4 Å². The van der Waals surface area contributed by atoms with Gasteiger partial charge in [-0.1, -0.05) is 35.9 Å². The van der Waals surface area contributed by atoms with Gasteiger partial charge in [0.1, 0.15) is 0 Å². The summed E-state index contributed by atoms with van der Waals surface area (Å²) in [6.07, 6.45) is 1.68. The van der Waals surface area contributed by atoms with Crippen LogP contribution < -0.4 is 5.32 Å². The molecule has 0 aliphatic carbocycles. The van der Waals surface area contributed by atoms with E-state index in [2.05, 4.69) is 54.5 Å². The molecule has 2 nitrogen and oxygen atoms in total. The van der Waals surface area contributed by atoms with E-state index in [0.29, 0.717) is 12.1 Å². The van der Waals surface area contributed by atoms with E-state index in [1.165, 1.54) is 10.9 Å². The number of amides is 1. The van der Waals surface area contributed by atoms with Crippen molar-refractivity contribution in [2.75, 3.05) is 6.54 Å². The van der Waals surface area contributed by atoms with Gasteiger partial charge in [-0.3, -0.25) is 4.79 Å². The molecule has 0 aliphatic rings. The minimum absolute atomic E-state index is 0.0661. The molecule has 1 N–H and O–H groups in total. The van der Waals surface area contributed by atoms with Crippen molar-refractivity contribution >= 4 is 27.3 Å². The molecule has 3 rings (SSSR count). The number of aryl methyl sites for hydroxylation is 1. The Hall–Kier alpha value is -2.39. The SMILES string of the molecule is C=CCNC(=O)c1cc(-c2ccc(C)cc2)c2ccsc2c1. The summed E-state index contributed by atoms with van der Waals surface area (Å²) in [5, 5.41) is 6.09. The lowest BCUT2D eigenvalue weighted by Gasteiger charge is -2.09. The van der Waals surface area contributed by atoms with Gasteiger partial charge >= 0.3 is 0 Å². The Morgan fingerprint density at radius 1 is 1.23 bits per heavy atom. The molecular weight excluding hydrogens is 290 g/mol. The maximum Gasteiger partial charge on any atom is 0.251 e. The van der Waals surface area contributed by atoms with Crippen LogP contribution in [0.1, 0.15) is 15.9 Å². The zero-order valence-electron chi connectivity index (χ0n) is 12.4. The normalized spacial score (nSPS) is 10.6. The van der Waals surface area contributed by atoms with Crippen LogP contribution in [0.3, 0.4) is 0 Å². The minimum atomic E-state index is -0.0661. The maximum atomic E-state index is 12.3. The molecule has 110 valence electrons. The van der Waals surface area contributed by atoms with Crippen LogP contribution in [0.5, 0.6) is 0 Å². The minimum Gasteiger partial charge on any atom is -0.349 e. The second-order valence-corrected chi connectivity index (χ2v) is 6.17. The number of rotatable bonds is 4. The van der Waals surface area contributed by atoms with Gasteiger partial charge in [0.25, 0.3) is 5.91 Å². The molecule has 0 spiro atoms.